The fraction of sp³-hybridized carbons (Fsp3) is 0.133. The van der Waals surface area contributed by atoms with Gasteiger partial charge in [0.15, 0.2) is 0 Å². The predicted octanol–water partition coefficient (Wildman–Crippen LogP) is 2.45. The molecule has 1 atom stereocenters. The van der Waals surface area contributed by atoms with Crippen LogP contribution in [0.4, 0.5) is 0 Å². The number of aromatic amines is 1. The zero-order chi connectivity index (χ0) is 13.9. The van der Waals surface area contributed by atoms with E-state index < -0.39 is 0 Å². The Bertz CT molecular complexity index is 731. The number of hydrogen-bond donors (Lipinski definition) is 2. The van der Waals surface area contributed by atoms with Gasteiger partial charge in [-0.2, -0.15) is 0 Å². The SMILES string of the molecule is CC(NC(=O)c1cccc2ncccc12)c1ncc[nH]1. The summed E-state index contributed by atoms with van der Waals surface area (Å²) in [5, 5.41) is 3.78. The average molecular weight is 266 g/mol. The molecule has 0 bridgehead atoms. The van der Waals surface area contributed by atoms with Crippen LogP contribution in [0.15, 0.2) is 48.9 Å². The summed E-state index contributed by atoms with van der Waals surface area (Å²) < 4.78 is 0. The number of aromatic nitrogens is 3. The molecule has 100 valence electrons. The van der Waals surface area contributed by atoms with Gasteiger partial charge in [-0.1, -0.05) is 12.1 Å². The van der Waals surface area contributed by atoms with Crippen molar-refractivity contribution in [1.29, 1.82) is 0 Å². The summed E-state index contributed by atoms with van der Waals surface area (Å²) in [5.74, 6) is 0.601. The number of imidazole rings is 1. The molecule has 1 aromatic carbocycles. The third kappa shape index (κ3) is 2.25. The first-order chi connectivity index (χ1) is 9.75. The van der Waals surface area contributed by atoms with Gasteiger partial charge in [0, 0.05) is 29.5 Å². The Morgan fingerprint density at radius 2 is 2.10 bits per heavy atom. The molecule has 0 spiro atoms. The average Bonchev–Trinajstić information content (AvgIpc) is 3.01. The van der Waals surface area contributed by atoms with E-state index in [-0.39, 0.29) is 11.9 Å². The minimum Gasteiger partial charge on any atom is -0.347 e. The molecule has 0 aliphatic heterocycles. The third-order valence-corrected chi connectivity index (χ3v) is 3.17. The van der Waals surface area contributed by atoms with Crippen molar-refractivity contribution in [2.45, 2.75) is 13.0 Å². The molecule has 5 heteroatoms. The summed E-state index contributed by atoms with van der Waals surface area (Å²) in [7, 11) is 0. The largest absolute Gasteiger partial charge is 0.347 e. The van der Waals surface area contributed by atoms with Crippen LogP contribution >= 0.6 is 0 Å². The number of carbonyl (C=O) groups is 1. The monoisotopic (exact) mass is 266 g/mol. The minimum absolute atomic E-state index is 0.132. The van der Waals surface area contributed by atoms with Crippen LogP contribution < -0.4 is 5.32 Å². The van der Waals surface area contributed by atoms with Crippen molar-refractivity contribution in [1.82, 2.24) is 20.3 Å². The van der Waals surface area contributed by atoms with Gasteiger partial charge >= 0.3 is 0 Å². The number of carbonyl (C=O) groups excluding carboxylic acids is 1. The van der Waals surface area contributed by atoms with E-state index in [1.807, 2.05) is 31.2 Å². The van der Waals surface area contributed by atoms with Gasteiger partial charge in [-0.3, -0.25) is 9.78 Å². The summed E-state index contributed by atoms with van der Waals surface area (Å²) in [6, 6.07) is 9.08. The molecule has 5 nitrogen and oxygen atoms in total. The maximum absolute atomic E-state index is 12.4. The van der Waals surface area contributed by atoms with Crippen LogP contribution in [0.25, 0.3) is 10.9 Å². The van der Waals surface area contributed by atoms with Crippen LogP contribution in [0.2, 0.25) is 0 Å². The zero-order valence-corrected chi connectivity index (χ0v) is 11.0. The van der Waals surface area contributed by atoms with Gasteiger partial charge in [-0.25, -0.2) is 4.98 Å². The number of fused-ring (bicyclic) bond motifs is 1. The van der Waals surface area contributed by atoms with Crippen LogP contribution in [-0.2, 0) is 0 Å². The number of benzene rings is 1. The lowest BCUT2D eigenvalue weighted by Crippen LogP contribution is -2.27. The zero-order valence-electron chi connectivity index (χ0n) is 11.0. The smallest absolute Gasteiger partial charge is 0.252 e. The van der Waals surface area contributed by atoms with Gasteiger partial charge in [-0.05, 0) is 25.1 Å². The molecule has 0 fully saturated rings. The highest BCUT2D eigenvalue weighted by Crippen LogP contribution is 2.17. The molecule has 0 saturated heterocycles. The molecule has 0 radical (unpaired) electrons. The molecular weight excluding hydrogens is 252 g/mol. The maximum atomic E-state index is 12.4. The Morgan fingerprint density at radius 3 is 2.90 bits per heavy atom. The normalized spacial score (nSPS) is 12.2. The van der Waals surface area contributed by atoms with E-state index in [1.165, 1.54) is 0 Å². The molecular formula is C15H14N4O. The summed E-state index contributed by atoms with van der Waals surface area (Å²) in [5.41, 5.74) is 1.43. The van der Waals surface area contributed by atoms with Crippen molar-refractivity contribution in [2.24, 2.45) is 0 Å². The van der Waals surface area contributed by atoms with Gasteiger partial charge < -0.3 is 10.3 Å². The number of nitrogens with zero attached hydrogens (tertiary/aromatic N) is 2. The van der Waals surface area contributed by atoms with Crippen molar-refractivity contribution in [3.8, 4) is 0 Å². The number of pyridine rings is 1. The fourth-order valence-corrected chi connectivity index (χ4v) is 2.16. The van der Waals surface area contributed by atoms with Crippen molar-refractivity contribution in [3.05, 3.63) is 60.3 Å². The van der Waals surface area contributed by atoms with E-state index in [0.717, 1.165) is 16.7 Å². The Labute approximate surface area is 116 Å². The van der Waals surface area contributed by atoms with Gasteiger partial charge in [0.1, 0.15) is 5.82 Å². The van der Waals surface area contributed by atoms with E-state index >= 15 is 0 Å². The standard InChI is InChI=1S/C15H14N4O/c1-10(14-17-8-9-18-14)19-15(20)12-4-2-6-13-11(12)5-3-7-16-13/h2-10H,1H3,(H,17,18)(H,19,20). The first kappa shape index (κ1) is 12.3. The number of amides is 1. The van der Waals surface area contributed by atoms with E-state index in [1.54, 1.807) is 24.7 Å². The van der Waals surface area contributed by atoms with Crippen molar-refractivity contribution in [2.75, 3.05) is 0 Å². The van der Waals surface area contributed by atoms with Gasteiger partial charge in [0.2, 0.25) is 0 Å². The summed E-state index contributed by atoms with van der Waals surface area (Å²) >= 11 is 0. The van der Waals surface area contributed by atoms with Crippen molar-refractivity contribution in [3.63, 3.8) is 0 Å². The second-order valence-electron chi connectivity index (χ2n) is 4.55. The highest BCUT2D eigenvalue weighted by Gasteiger charge is 2.15. The van der Waals surface area contributed by atoms with Crippen LogP contribution in [0.5, 0.6) is 0 Å². The van der Waals surface area contributed by atoms with Crippen molar-refractivity contribution < 1.29 is 4.79 Å². The summed E-state index contributed by atoms with van der Waals surface area (Å²) in [6.07, 6.45) is 5.12. The Hall–Kier alpha value is -2.69. The molecule has 3 aromatic rings. The Morgan fingerprint density at radius 1 is 1.20 bits per heavy atom. The van der Waals surface area contributed by atoms with Crippen LogP contribution in [0.1, 0.15) is 29.1 Å². The van der Waals surface area contributed by atoms with Gasteiger partial charge in [0.25, 0.3) is 5.91 Å². The quantitative estimate of drug-likeness (QED) is 0.765. The lowest BCUT2D eigenvalue weighted by atomic mass is 10.1. The summed E-state index contributed by atoms with van der Waals surface area (Å²) in [4.78, 5) is 23.8. The molecule has 2 N–H and O–H groups in total. The second kappa shape index (κ2) is 5.13. The molecule has 0 saturated carbocycles. The van der Waals surface area contributed by atoms with E-state index in [0.29, 0.717) is 5.56 Å². The predicted molar refractivity (Wildman–Crippen MR) is 76.2 cm³/mol. The molecule has 1 unspecified atom stereocenters. The molecule has 1 amide bonds. The number of nitrogens with one attached hydrogen (secondary N) is 2. The Kier molecular flexibility index (Phi) is 3.16. The molecule has 0 aliphatic rings. The lowest BCUT2D eigenvalue weighted by Gasteiger charge is -2.12. The van der Waals surface area contributed by atoms with Gasteiger partial charge in [-0.15, -0.1) is 0 Å². The molecule has 3 rings (SSSR count). The number of hydrogen-bond acceptors (Lipinski definition) is 3. The molecule has 2 aromatic heterocycles. The highest BCUT2D eigenvalue weighted by atomic mass is 16.1. The van der Waals surface area contributed by atoms with Crippen LogP contribution in [0, 0.1) is 0 Å². The molecule has 2 heterocycles. The highest BCUT2D eigenvalue weighted by molar-refractivity contribution is 6.06. The third-order valence-electron chi connectivity index (χ3n) is 3.17. The summed E-state index contributed by atoms with van der Waals surface area (Å²) in [6.45, 7) is 1.89. The van der Waals surface area contributed by atoms with Gasteiger partial charge in [0.05, 0.1) is 11.6 Å². The Balaban J connectivity index is 1.89. The first-order valence-corrected chi connectivity index (χ1v) is 6.39. The number of rotatable bonds is 3. The fourth-order valence-electron chi connectivity index (χ4n) is 2.16. The van der Waals surface area contributed by atoms with Crippen LogP contribution in [-0.4, -0.2) is 20.9 Å². The van der Waals surface area contributed by atoms with E-state index in [4.69, 9.17) is 0 Å². The van der Waals surface area contributed by atoms with Crippen LogP contribution in [0.3, 0.4) is 0 Å². The number of H-pyrrole nitrogens is 1. The lowest BCUT2D eigenvalue weighted by molar-refractivity contribution is 0.0940. The minimum atomic E-state index is -0.176. The second-order valence-corrected chi connectivity index (χ2v) is 4.55. The maximum Gasteiger partial charge on any atom is 0.252 e. The van der Waals surface area contributed by atoms with E-state index in [9.17, 15) is 4.79 Å². The molecule has 0 aliphatic carbocycles. The van der Waals surface area contributed by atoms with E-state index in [2.05, 4.69) is 20.3 Å². The topological polar surface area (TPSA) is 70.7 Å². The van der Waals surface area contributed by atoms with Crippen molar-refractivity contribution >= 4 is 16.8 Å². The molecule has 20 heavy (non-hydrogen) atoms. The first-order valence-electron chi connectivity index (χ1n) is 6.39.